The highest BCUT2D eigenvalue weighted by molar-refractivity contribution is 5.71. The van der Waals surface area contributed by atoms with E-state index in [-0.39, 0.29) is 5.75 Å². The van der Waals surface area contributed by atoms with Crippen LogP contribution >= 0.6 is 0 Å². The van der Waals surface area contributed by atoms with Crippen LogP contribution in [0.5, 0.6) is 5.75 Å². The molecule has 21 heavy (non-hydrogen) atoms. The van der Waals surface area contributed by atoms with E-state index in [0.717, 1.165) is 12.0 Å². The summed E-state index contributed by atoms with van der Waals surface area (Å²) in [6.45, 7) is 1.92. The van der Waals surface area contributed by atoms with Gasteiger partial charge in [0.05, 0.1) is 11.8 Å². The van der Waals surface area contributed by atoms with E-state index in [1.54, 1.807) is 12.1 Å². The topological polar surface area (TPSA) is 94.8 Å². The Balaban J connectivity index is 2.63. The van der Waals surface area contributed by atoms with Crippen LogP contribution in [-0.4, -0.2) is 27.3 Å². The van der Waals surface area contributed by atoms with E-state index in [9.17, 15) is 19.8 Å². The molecule has 5 heteroatoms. The predicted molar refractivity (Wildman–Crippen MR) is 78.2 cm³/mol. The van der Waals surface area contributed by atoms with E-state index in [2.05, 4.69) is 0 Å². The summed E-state index contributed by atoms with van der Waals surface area (Å²) in [7, 11) is 0. The Morgan fingerprint density at radius 2 is 1.48 bits per heavy atom. The van der Waals surface area contributed by atoms with Crippen LogP contribution < -0.4 is 0 Å². The molecule has 0 radical (unpaired) electrons. The number of carbonyl (C=O) groups is 2. The minimum absolute atomic E-state index is 0.138. The number of aliphatic carboxylic acids is 2. The minimum atomic E-state index is -0.913. The van der Waals surface area contributed by atoms with Gasteiger partial charge in [0.1, 0.15) is 5.75 Å². The van der Waals surface area contributed by atoms with Crippen LogP contribution in [0.2, 0.25) is 0 Å². The van der Waals surface area contributed by atoms with Gasteiger partial charge < -0.3 is 15.3 Å². The first kappa shape index (κ1) is 17.0. The second-order valence-electron chi connectivity index (χ2n) is 5.31. The van der Waals surface area contributed by atoms with Crippen LogP contribution in [0, 0.1) is 11.8 Å². The van der Waals surface area contributed by atoms with Gasteiger partial charge in [-0.2, -0.15) is 0 Å². The first-order valence-electron chi connectivity index (χ1n) is 7.17. The van der Waals surface area contributed by atoms with E-state index in [1.165, 1.54) is 12.1 Å². The van der Waals surface area contributed by atoms with Crippen molar-refractivity contribution >= 4 is 11.9 Å². The molecule has 1 aromatic rings. The molecule has 0 heterocycles. The molecule has 0 fully saturated rings. The lowest BCUT2D eigenvalue weighted by molar-refractivity contribution is -0.145. The van der Waals surface area contributed by atoms with Gasteiger partial charge in [0.25, 0.3) is 0 Å². The molecule has 0 unspecified atom stereocenters. The van der Waals surface area contributed by atoms with Gasteiger partial charge in [-0.25, -0.2) is 0 Å². The molecule has 0 aliphatic rings. The number of hydrogen-bond acceptors (Lipinski definition) is 3. The third kappa shape index (κ3) is 5.85. The Kier molecular flexibility index (Phi) is 6.72. The fraction of sp³-hybridized carbons (Fsp3) is 0.500. The molecule has 3 N–H and O–H groups in total. The van der Waals surface area contributed by atoms with Crippen molar-refractivity contribution in [3.05, 3.63) is 29.8 Å². The highest BCUT2D eigenvalue weighted by Gasteiger charge is 2.23. The van der Waals surface area contributed by atoms with Crippen molar-refractivity contribution in [2.24, 2.45) is 11.8 Å². The molecular formula is C16H22O5. The molecular weight excluding hydrogens is 272 g/mol. The van der Waals surface area contributed by atoms with E-state index in [4.69, 9.17) is 5.11 Å². The maximum absolute atomic E-state index is 11.3. The van der Waals surface area contributed by atoms with Crippen molar-refractivity contribution in [3.8, 4) is 5.75 Å². The minimum Gasteiger partial charge on any atom is -0.508 e. The van der Waals surface area contributed by atoms with Crippen molar-refractivity contribution in [1.29, 1.82) is 0 Å². The number of carboxylic acid groups (broad SMARTS) is 2. The third-order valence-corrected chi connectivity index (χ3v) is 3.62. The number of aromatic hydroxyl groups is 1. The van der Waals surface area contributed by atoms with Crippen LogP contribution in [0.3, 0.4) is 0 Å². The number of benzene rings is 1. The largest absolute Gasteiger partial charge is 0.508 e. The summed E-state index contributed by atoms with van der Waals surface area (Å²) in [5, 5.41) is 27.6. The van der Waals surface area contributed by atoms with E-state index >= 15 is 0 Å². The zero-order chi connectivity index (χ0) is 15.8. The average molecular weight is 294 g/mol. The van der Waals surface area contributed by atoms with Gasteiger partial charge in [0, 0.05) is 0 Å². The molecule has 5 nitrogen and oxygen atoms in total. The summed E-state index contributed by atoms with van der Waals surface area (Å²) in [4.78, 5) is 22.4. The second-order valence-corrected chi connectivity index (χ2v) is 5.31. The number of carboxylic acids is 2. The number of phenolic OH excluding ortho intramolecular Hbond substituents is 1. The number of hydrogen-bond donors (Lipinski definition) is 3. The molecule has 0 amide bonds. The summed E-state index contributed by atoms with van der Waals surface area (Å²) in [5.74, 6) is -2.71. The van der Waals surface area contributed by atoms with Crippen LogP contribution in [0.1, 0.15) is 38.2 Å². The van der Waals surface area contributed by atoms with Gasteiger partial charge in [-0.1, -0.05) is 25.5 Å². The molecule has 1 rings (SSSR count). The normalized spacial score (nSPS) is 13.6. The van der Waals surface area contributed by atoms with Gasteiger partial charge in [-0.15, -0.1) is 0 Å². The van der Waals surface area contributed by atoms with Crippen molar-refractivity contribution in [1.82, 2.24) is 0 Å². The van der Waals surface area contributed by atoms with Crippen LogP contribution in [-0.2, 0) is 16.0 Å². The van der Waals surface area contributed by atoms with Gasteiger partial charge in [0.2, 0.25) is 0 Å². The smallest absolute Gasteiger partial charge is 0.306 e. The maximum Gasteiger partial charge on any atom is 0.306 e. The fourth-order valence-corrected chi connectivity index (χ4v) is 2.37. The Morgan fingerprint density at radius 1 is 0.952 bits per heavy atom. The van der Waals surface area contributed by atoms with Crippen molar-refractivity contribution in [2.45, 2.75) is 39.0 Å². The predicted octanol–water partition coefficient (Wildman–Crippen LogP) is 2.92. The number of phenols is 1. The monoisotopic (exact) mass is 294 g/mol. The molecule has 0 aliphatic heterocycles. The van der Waals surface area contributed by atoms with E-state index < -0.39 is 23.8 Å². The quantitative estimate of drug-likeness (QED) is 0.651. The van der Waals surface area contributed by atoms with Crippen molar-refractivity contribution in [2.75, 3.05) is 0 Å². The summed E-state index contributed by atoms with van der Waals surface area (Å²) in [6, 6.07) is 6.41. The Labute approximate surface area is 124 Å². The fourth-order valence-electron chi connectivity index (χ4n) is 2.37. The lowest BCUT2D eigenvalue weighted by Crippen LogP contribution is -2.20. The zero-order valence-electron chi connectivity index (χ0n) is 12.2. The highest BCUT2D eigenvalue weighted by atomic mass is 16.4. The van der Waals surface area contributed by atoms with Gasteiger partial charge in [0.15, 0.2) is 0 Å². The van der Waals surface area contributed by atoms with Gasteiger partial charge in [-0.05, 0) is 43.4 Å². The SMILES string of the molecule is CCC[C@@H](CC[C@H](Cc1ccc(O)cc1)C(=O)O)C(=O)O. The summed E-state index contributed by atoms with van der Waals surface area (Å²) in [5.41, 5.74) is 0.822. The first-order valence-corrected chi connectivity index (χ1v) is 7.17. The molecule has 0 aromatic heterocycles. The maximum atomic E-state index is 11.3. The lowest BCUT2D eigenvalue weighted by Gasteiger charge is -2.16. The van der Waals surface area contributed by atoms with E-state index in [1.807, 2.05) is 6.92 Å². The Bertz CT molecular complexity index is 466. The van der Waals surface area contributed by atoms with Gasteiger partial charge >= 0.3 is 11.9 Å². The van der Waals surface area contributed by atoms with E-state index in [0.29, 0.717) is 25.7 Å². The molecule has 0 aliphatic carbocycles. The molecule has 0 saturated heterocycles. The molecule has 0 bridgehead atoms. The second kappa shape index (κ2) is 8.29. The molecule has 0 spiro atoms. The average Bonchev–Trinajstić information content (AvgIpc) is 2.43. The lowest BCUT2D eigenvalue weighted by atomic mass is 9.89. The third-order valence-electron chi connectivity index (χ3n) is 3.62. The van der Waals surface area contributed by atoms with Crippen LogP contribution in [0.4, 0.5) is 0 Å². The Hall–Kier alpha value is -2.04. The van der Waals surface area contributed by atoms with Gasteiger partial charge in [-0.3, -0.25) is 9.59 Å². The Morgan fingerprint density at radius 3 is 1.95 bits per heavy atom. The highest BCUT2D eigenvalue weighted by Crippen LogP contribution is 2.22. The summed E-state index contributed by atoms with van der Waals surface area (Å²) >= 11 is 0. The first-order chi connectivity index (χ1) is 9.93. The summed E-state index contributed by atoms with van der Waals surface area (Å²) < 4.78 is 0. The van der Waals surface area contributed by atoms with Crippen molar-refractivity contribution < 1.29 is 24.9 Å². The molecule has 2 atom stereocenters. The number of rotatable bonds is 9. The van der Waals surface area contributed by atoms with Crippen LogP contribution in [0.25, 0.3) is 0 Å². The molecule has 0 saturated carbocycles. The van der Waals surface area contributed by atoms with Crippen LogP contribution in [0.15, 0.2) is 24.3 Å². The van der Waals surface area contributed by atoms with Crippen molar-refractivity contribution in [3.63, 3.8) is 0 Å². The zero-order valence-corrected chi connectivity index (χ0v) is 12.2. The standard InChI is InChI=1S/C16H22O5/c1-2-3-12(15(18)19)6-7-13(16(20)21)10-11-4-8-14(17)9-5-11/h4-5,8-9,12-13,17H,2-3,6-7,10H2,1H3,(H,18,19)(H,20,21)/t12-,13+/m0/s1. The summed E-state index contributed by atoms with van der Waals surface area (Å²) in [6.07, 6.45) is 2.40. The molecule has 116 valence electrons. The molecule has 1 aromatic carbocycles.